The number of hydrogen-bond donors (Lipinski definition) is 0. The predicted molar refractivity (Wildman–Crippen MR) is 628 cm³/mol. The molecule has 0 spiro atoms. The van der Waals surface area contributed by atoms with Gasteiger partial charge in [-0.1, -0.05) is 419 Å². The summed E-state index contributed by atoms with van der Waals surface area (Å²) in [7, 11) is 0. The van der Waals surface area contributed by atoms with Gasteiger partial charge >= 0.3 is 0 Å². The standard InChI is InChI=1S/C74H50N2S.C66H44N2S/c1-5-15-51(16-6-1)55-25-36-61(37-26-55)75(62-38-27-56(28-39-62)52-17-7-2-8-18-52)63-44-33-59(34-45-63)60-35-47-70-72(49-60)77-74-69-48-46-66(50-71(69)67-23-13-14-24-68(67)73(70)74)76(64-40-29-57(30-41-64)53-19-9-3-10-20-53)65-42-31-58(32-43-65)54-21-11-4-12-22-54;1-4-15-45(16-5-1)47-27-34-53(35-28-47)67(54-36-29-48(30-37-54)46-17-6-2-7-18-46)55-38-31-49(32-39-55)51-33-41-61-64(43-51)69-66-60-42-40-56(44-62(60)58-24-12-13-25-59(58)65(61)66)68(52-21-8-3-9-22-52)63-26-14-20-50-19-10-11-23-57(50)63/h1-50H;1-44H. The van der Waals surface area contributed by atoms with Gasteiger partial charge in [0.05, 0.1) is 5.69 Å². The van der Waals surface area contributed by atoms with Gasteiger partial charge in [-0.2, -0.15) is 0 Å². The number of para-hydroxylation sites is 1. The average Bonchev–Trinajstić information content (AvgIpc) is 1.56. The van der Waals surface area contributed by atoms with Crippen LogP contribution in [0.3, 0.4) is 0 Å². The summed E-state index contributed by atoms with van der Waals surface area (Å²) in [5.74, 6) is 0. The number of nitrogens with zero attached hydrogens (tertiary/aromatic N) is 4. The van der Waals surface area contributed by atoms with Gasteiger partial charge < -0.3 is 19.6 Å². The Morgan fingerprint density at radius 3 is 0.637 bits per heavy atom. The van der Waals surface area contributed by atoms with Crippen LogP contribution >= 0.6 is 22.7 Å². The number of thiophene rings is 2. The molecule has 27 aromatic rings. The molecule has 2 heterocycles. The zero-order valence-corrected chi connectivity index (χ0v) is 81.5. The molecule has 0 saturated carbocycles. The quantitative estimate of drug-likeness (QED) is 0.0705. The molecule has 0 aliphatic rings. The van der Waals surface area contributed by atoms with Crippen molar-refractivity contribution in [2.75, 3.05) is 19.6 Å². The largest absolute Gasteiger partial charge is 0.311 e. The molecule has 4 nitrogen and oxygen atoms in total. The highest BCUT2D eigenvalue weighted by Crippen LogP contribution is 2.52. The van der Waals surface area contributed by atoms with Crippen LogP contribution < -0.4 is 19.6 Å². The van der Waals surface area contributed by atoms with Gasteiger partial charge in [-0.25, -0.2) is 0 Å². The van der Waals surface area contributed by atoms with Gasteiger partial charge in [0.1, 0.15) is 0 Å². The predicted octanol–water partition coefficient (Wildman–Crippen LogP) is 41.1. The van der Waals surface area contributed by atoms with Gasteiger partial charge in [-0.15, -0.1) is 22.7 Å². The van der Waals surface area contributed by atoms with Crippen LogP contribution in [-0.2, 0) is 0 Å². The molecule has 0 aliphatic heterocycles. The maximum atomic E-state index is 2.41. The van der Waals surface area contributed by atoms with Gasteiger partial charge in [-0.05, 0) is 278 Å². The smallest absolute Gasteiger partial charge is 0.0540 e. The van der Waals surface area contributed by atoms with Crippen molar-refractivity contribution in [3.8, 4) is 89.0 Å². The lowest BCUT2D eigenvalue weighted by molar-refractivity contribution is 1.28. The van der Waals surface area contributed by atoms with E-state index in [0.717, 1.165) is 68.2 Å². The van der Waals surface area contributed by atoms with Crippen LogP contribution in [0.5, 0.6) is 0 Å². The molecule has 2 aromatic heterocycles. The van der Waals surface area contributed by atoms with E-state index in [0.29, 0.717) is 0 Å². The number of hydrogen-bond acceptors (Lipinski definition) is 6. The second-order valence-corrected chi connectivity index (χ2v) is 39.4. The third-order valence-electron chi connectivity index (χ3n) is 28.7. The van der Waals surface area contributed by atoms with Gasteiger partial charge in [0.25, 0.3) is 0 Å². The normalized spacial score (nSPS) is 11.4. The topological polar surface area (TPSA) is 13.0 Å². The molecule has 0 radical (unpaired) electrons. The van der Waals surface area contributed by atoms with E-state index in [9.17, 15) is 0 Å². The molecule has 0 amide bonds. The first kappa shape index (κ1) is 87.7. The minimum absolute atomic E-state index is 1.10. The second-order valence-electron chi connectivity index (χ2n) is 37.3. The average molecular weight is 1900 g/mol. The summed E-state index contributed by atoms with van der Waals surface area (Å²) < 4.78 is 5.20. The molecule has 25 aromatic carbocycles. The van der Waals surface area contributed by atoms with E-state index in [1.165, 1.54) is 183 Å². The fourth-order valence-corrected chi connectivity index (χ4v) is 24.1. The van der Waals surface area contributed by atoms with E-state index < -0.39 is 0 Å². The molecule has 0 atom stereocenters. The van der Waals surface area contributed by atoms with Crippen molar-refractivity contribution >= 4 is 185 Å². The SMILES string of the molecule is c1ccc(-c2ccc(N(c3ccc(-c4ccccc4)cc3)c3ccc(-c4ccc5c(c4)sc4c6ccc(N(c7ccc(-c8ccccc8)cc7)c7ccc(-c8ccccc8)cc7)cc6c6ccccc6c54)cc3)cc2)cc1.c1ccc(-c2ccc(N(c3ccc(-c4ccccc4)cc3)c3ccc(-c4ccc5c(c4)sc4c6ccc(N(c7ccccc7)c7cccc8ccccc78)cc6c6ccccc6c54)cc3)cc2)cc1. The van der Waals surface area contributed by atoms with Crippen LogP contribution in [0.2, 0.25) is 0 Å². The Labute approximate surface area is 857 Å². The maximum Gasteiger partial charge on any atom is 0.0540 e. The Bertz CT molecular complexity index is 9190. The molecule has 0 unspecified atom stereocenters. The van der Waals surface area contributed by atoms with Gasteiger partial charge in [0.2, 0.25) is 0 Å². The number of anilines is 12. The lowest BCUT2D eigenvalue weighted by Crippen LogP contribution is -2.10. The van der Waals surface area contributed by atoms with Crippen molar-refractivity contribution in [3.63, 3.8) is 0 Å². The van der Waals surface area contributed by atoms with Gasteiger partial charge in [-0.3, -0.25) is 0 Å². The van der Waals surface area contributed by atoms with Crippen LogP contribution in [0.25, 0.3) is 183 Å². The fraction of sp³-hybridized carbons (Fsp3) is 0. The molecular weight excluding hydrogens is 1800 g/mol. The van der Waals surface area contributed by atoms with Gasteiger partial charge in [0.15, 0.2) is 0 Å². The minimum Gasteiger partial charge on any atom is -0.311 e. The molecule has 686 valence electrons. The third kappa shape index (κ3) is 16.8. The Kier molecular flexibility index (Phi) is 23.1. The highest BCUT2D eigenvalue weighted by molar-refractivity contribution is 7.27. The van der Waals surface area contributed by atoms with Crippen LogP contribution in [-0.4, -0.2) is 0 Å². The lowest BCUT2D eigenvalue weighted by atomic mass is 9.95. The molecule has 0 N–H and O–H groups in total. The number of fused-ring (bicyclic) bond motifs is 17. The first-order chi connectivity index (χ1) is 72.4. The van der Waals surface area contributed by atoms with Crippen molar-refractivity contribution < 1.29 is 0 Å². The van der Waals surface area contributed by atoms with E-state index in [2.05, 4.69) is 590 Å². The van der Waals surface area contributed by atoms with Crippen LogP contribution in [0.1, 0.15) is 0 Å². The Balaban J connectivity index is 0.000000149. The zero-order chi connectivity index (χ0) is 96.7. The van der Waals surface area contributed by atoms with Crippen LogP contribution in [0, 0.1) is 0 Å². The maximum absolute atomic E-state index is 2.41. The van der Waals surface area contributed by atoms with E-state index >= 15 is 0 Å². The summed E-state index contributed by atoms with van der Waals surface area (Å²) in [6.07, 6.45) is 0. The van der Waals surface area contributed by atoms with Gasteiger partial charge in [0, 0.05) is 119 Å². The van der Waals surface area contributed by atoms with E-state index in [1.807, 2.05) is 22.7 Å². The van der Waals surface area contributed by atoms with E-state index in [1.54, 1.807) is 0 Å². The molecule has 0 fully saturated rings. The van der Waals surface area contributed by atoms with Crippen LogP contribution in [0.15, 0.2) is 570 Å². The summed E-state index contributed by atoms with van der Waals surface area (Å²) in [6.45, 7) is 0. The molecular formula is C140H94N4S2. The molecule has 27 rings (SSSR count). The van der Waals surface area contributed by atoms with Crippen molar-refractivity contribution in [3.05, 3.63) is 570 Å². The summed E-state index contributed by atoms with van der Waals surface area (Å²) in [5, 5.41) is 17.8. The monoisotopic (exact) mass is 1890 g/mol. The molecule has 0 saturated heterocycles. The molecule has 146 heavy (non-hydrogen) atoms. The van der Waals surface area contributed by atoms with E-state index in [4.69, 9.17) is 0 Å². The molecule has 6 heteroatoms. The molecule has 0 bridgehead atoms. The lowest BCUT2D eigenvalue weighted by Gasteiger charge is -2.27. The van der Waals surface area contributed by atoms with Crippen molar-refractivity contribution in [1.82, 2.24) is 0 Å². The van der Waals surface area contributed by atoms with Crippen molar-refractivity contribution in [1.29, 1.82) is 0 Å². The number of rotatable bonds is 20. The third-order valence-corrected chi connectivity index (χ3v) is 31.1. The van der Waals surface area contributed by atoms with Crippen molar-refractivity contribution in [2.24, 2.45) is 0 Å². The summed E-state index contributed by atoms with van der Waals surface area (Å²) in [5.41, 5.74) is 32.5. The highest BCUT2D eigenvalue weighted by Gasteiger charge is 2.25. The first-order valence-electron chi connectivity index (χ1n) is 49.9. The Morgan fingerprint density at radius 2 is 0.329 bits per heavy atom. The summed E-state index contributed by atoms with van der Waals surface area (Å²) in [6, 6.07) is 207. The van der Waals surface area contributed by atoms with Crippen molar-refractivity contribution in [2.45, 2.75) is 0 Å². The number of benzene rings is 25. The second kappa shape index (κ2) is 38.5. The Morgan fingerprint density at radius 1 is 0.116 bits per heavy atom. The summed E-state index contributed by atoms with van der Waals surface area (Å²) in [4.78, 5) is 9.51. The first-order valence-corrected chi connectivity index (χ1v) is 51.5. The van der Waals surface area contributed by atoms with E-state index in [-0.39, 0.29) is 0 Å². The Hall–Kier alpha value is -18.6. The highest BCUT2D eigenvalue weighted by atomic mass is 32.1. The summed E-state index contributed by atoms with van der Waals surface area (Å²) >= 11 is 3.80. The molecule has 0 aliphatic carbocycles. The zero-order valence-electron chi connectivity index (χ0n) is 79.9. The minimum atomic E-state index is 1.10. The fourth-order valence-electron chi connectivity index (χ4n) is 21.5. The van der Waals surface area contributed by atoms with Crippen LogP contribution in [0.4, 0.5) is 68.2 Å².